The van der Waals surface area contributed by atoms with Crippen molar-refractivity contribution in [2.24, 2.45) is 0 Å². The van der Waals surface area contributed by atoms with Gasteiger partial charge in [-0.3, -0.25) is 14.8 Å². The van der Waals surface area contributed by atoms with Gasteiger partial charge in [0.25, 0.3) is 5.91 Å². The van der Waals surface area contributed by atoms with E-state index in [-0.39, 0.29) is 5.91 Å². The molecule has 0 spiro atoms. The molecule has 0 radical (unpaired) electrons. The number of aromatic nitrogens is 3. The van der Waals surface area contributed by atoms with Crippen molar-refractivity contribution in [2.45, 2.75) is 26.8 Å². The molecule has 0 fully saturated rings. The van der Waals surface area contributed by atoms with Crippen molar-refractivity contribution in [3.05, 3.63) is 35.8 Å². The van der Waals surface area contributed by atoms with Crippen LogP contribution in [0.4, 0.5) is 0 Å². The molecule has 0 unspecified atom stereocenters. The van der Waals surface area contributed by atoms with Gasteiger partial charge >= 0.3 is 0 Å². The van der Waals surface area contributed by atoms with Crippen LogP contribution >= 0.6 is 0 Å². The van der Waals surface area contributed by atoms with Crippen LogP contribution in [0.2, 0.25) is 0 Å². The summed E-state index contributed by atoms with van der Waals surface area (Å²) in [7, 11) is 0. The summed E-state index contributed by atoms with van der Waals surface area (Å²) in [5.74, 6) is 1.69. The minimum absolute atomic E-state index is 0.208. The molecule has 0 aliphatic carbocycles. The van der Waals surface area contributed by atoms with Gasteiger partial charge in [0.15, 0.2) is 5.76 Å². The molecule has 0 bridgehead atoms. The Hall–Kier alpha value is -2.15. The third-order valence-electron chi connectivity index (χ3n) is 3.27. The highest BCUT2D eigenvalue weighted by Gasteiger charge is 2.12. The molecule has 0 atom stereocenters. The van der Waals surface area contributed by atoms with Crippen molar-refractivity contribution in [3.8, 4) is 0 Å². The van der Waals surface area contributed by atoms with Gasteiger partial charge in [0, 0.05) is 13.0 Å². The van der Waals surface area contributed by atoms with Crippen molar-refractivity contribution >= 4 is 5.91 Å². The Kier molecular flexibility index (Phi) is 5.51. The van der Waals surface area contributed by atoms with Crippen LogP contribution in [0.5, 0.6) is 0 Å². The lowest BCUT2D eigenvalue weighted by Gasteiger charge is -2.15. The zero-order chi connectivity index (χ0) is 15.1. The van der Waals surface area contributed by atoms with E-state index in [1.807, 2.05) is 6.07 Å². The minimum Gasteiger partial charge on any atom is -0.455 e. The molecule has 21 heavy (non-hydrogen) atoms. The van der Waals surface area contributed by atoms with Gasteiger partial charge in [-0.15, -0.1) is 0 Å². The molecule has 1 amide bonds. The van der Waals surface area contributed by atoms with Crippen LogP contribution in [0.15, 0.2) is 22.9 Å². The second kappa shape index (κ2) is 7.58. The molecule has 0 saturated heterocycles. The summed E-state index contributed by atoms with van der Waals surface area (Å²) in [5.41, 5.74) is 0. The van der Waals surface area contributed by atoms with Gasteiger partial charge in [0.2, 0.25) is 0 Å². The number of rotatable bonds is 8. The first-order valence-electron chi connectivity index (χ1n) is 7.16. The fourth-order valence-electron chi connectivity index (χ4n) is 1.99. The van der Waals surface area contributed by atoms with E-state index in [1.165, 1.54) is 6.33 Å². The average molecular weight is 291 g/mol. The first-order chi connectivity index (χ1) is 10.2. The van der Waals surface area contributed by atoms with Crippen molar-refractivity contribution in [3.63, 3.8) is 0 Å². The second-order valence-corrected chi connectivity index (χ2v) is 4.67. The number of amides is 1. The van der Waals surface area contributed by atoms with E-state index in [0.29, 0.717) is 18.7 Å². The van der Waals surface area contributed by atoms with Crippen LogP contribution in [-0.2, 0) is 13.0 Å². The number of nitrogens with zero attached hydrogens (tertiary/aromatic N) is 3. The van der Waals surface area contributed by atoms with Crippen LogP contribution in [0, 0.1) is 0 Å². The predicted octanol–water partition coefficient (Wildman–Crippen LogP) is 1.21. The fraction of sp³-hybridized carbons (Fsp3) is 0.500. The van der Waals surface area contributed by atoms with E-state index >= 15 is 0 Å². The summed E-state index contributed by atoms with van der Waals surface area (Å²) >= 11 is 0. The van der Waals surface area contributed by atoms with Gasteiger partial charge in [-0.05, 0) is 25.2 Å². The summed E-state index contributed by atoms with van der Waals surface area (Å²) in [5, 5.41) is 9.30. The maximum atomic E-state index is 11.9. The summed E-state index contributed by atoms with van der Waals surface area (Å²) in [6.45, 7) is 7.32. The zero-order valence-corrected chi connectivity index (χ0v) is 12.4. The van der Waals surface area contributed by atoms with Crippen LogP contribution in [0.1, 0.15) is 36.0 Å². The number of nitrogens with one attached hydrogen (secondary N) is 2. The van der Waals surface area contributed by atoms with E-state index in [4.69, 9.17) is 4.42 Å². The SMILES string of the molecule is CCN(CC)Cc1ccc(C(=O)NCCc2ncn[nH]2)o1. The molecule has 2 aromatic rings. The molecule has 2 rings (SSSR count). The quantitative estimate of drug-likeness (QED) is 0.763. The largest absolute Gasteiger partial charge is 0.455 e. The van der Waals surface area contributed by atoms with Gasteiger partial charge in [0.05, 0.1) is 6.54 Å². The molecule has 7 nitrogen and oxygen atoms in total. The summed E-state index contributed by atoms with van der Waals surface area (Å²) < 4.78 is 5.58. The van der Waals surface area contributed by atoms with E-state index in [0.717, 1.165) is 31.2 Å². The molecular formula is C14H21N5O2. The first-order valence-corrected chi connectivity index (χ1v) is 7.16. The molecule has 114 valence electrons. The number of furan rings is 1. The molecule has 2 heterocycles. The number of carbonyl (C=O) groups is 1. The maximum absolute atomic E-state index is 11.9. The van der Waals surface area contributed by atoms with E-state index in [9.17, 15) is 4.79 Å². The van der Waals surface area contributed by atoms with Gasteiger partial charge in [-0.1, -0.05) is 13.8 Å². The molecule has 0 aromatic carbocycles. The summed E-state index contributed by atoms with van der Waals surface area (Å²) in [6, 6.07) is 3.56. The predicted molar refractivity (Wildman–Crippen MR) is 77.8 cm³/mol. The number of H-pyrrole nitrogens is 1. The van der Waals surface area contributed by atoms with Gasteiger partial charge in [0.1, 0.15) is 17.9 Å². The van der Waals surface area contributed by atoms with E-state index in [2.05, 4.69) is 39.2 Å². The normalized spacial score (nSPS) is 11.0. The molecule has 0 aliphatic heterocycles. The van der Waals surface area contributed by atoms with Crippen LogP contribution in [-0.4, -0.2) is 45.6 Å². The average Bonchev–Trinajstić information content (AvgIpc) is 3.16. The molecule has 7 heteroatoms. The number of carbonyl (C=O) groups excluding carboxylic acids is 1. The molecule has 0 saturated carbocycles. The second-order valence-electron chi connectivity index (χ2n) is 4.67. The third-order valence-corrected chi connectivity index (χ3v) is 3.27. The van der Waals surface area contributed by atoms with E-state index in [1.54, 1.807) is 6.07 Å². The van der Waals surface area contributed by atoms with Gasteiger partial charge in [-0.25, -0.2) is 4.98 Å². The standard InChI is InChI=1S/C14H21N5O2/c1-3-19(4-2)9-11-5-6-12(21-11)14(20)15-8-7-13-16-10-17-18-13/h5-6,10H,3-4,7-9H2,1-2H3,(H,15,20)(H,16,17,18). The van der Waals surface area contributed by atoms with E-state index < -0.39 is 0 Å². The highest BCUT2D eigenvalue weighted by molar-refractivity contribution is 5.91. The minimum atomic E-state index is -0.208. The smallest absolute Gasteiger partial charge is 0.287 e. The van der Waals surface area contributed by atoms with Crippen LogP contribution < -0.4 is 5.32 Å². The Bertz CT molecular complexity index is 545. The Morgan fingerprint density at radius 2 is 2.19 bits per heavy atom. The lowest BCUT2D eigenvalue weighted by molar-refractivity contribution is 0.0922. The van der Waals surface area contributed by atoms with Crippen LogP contribution in [0.3, 0.4) is 0 Å². The maximum Gasteiger partial charge on any atom is 0.287 e. The fourth-order valence-corrected chi connectivity index (χ4v) is 1.99. The third kappa shape index (κ3) is 4.42. The Labute approximate surface area is 123 Å². The van der Waals surface area contributed by atoms with Crippen LogP contribution in [0.25, 0.3) is 0 Å². The van der Waals surface area contributed by atoms with Crippen molar-refractivity contribution < 1.29 is 9.21 Å². The van der Waals surface area contributed by atoms with Gasteiger partial charge in [-0.2, -0.15) is 5.10 Å². The zero-order valence-electron chi connectivity index (χ0n) is 12.4. The highest BCUT2D eigenvalue weighted by Crippen LogP contribution is 2.10. The summed E-state index contributed by atoms with van der Waals surface area (Å²) in [6.07, 6.45) is 2.06. The highest BCUT2D eigenvalue weighted by atomic mass is 16.4. The first kappa shape index (κ1) is 15.2. The lowest BCUT2D eigenvalue weighted by atomic mass is 10.3. The number of hydrogen-bond acceptors (Lipinski definition) is 5. The Morgan fingerprint density at radius 1 is 1.38 bits per heavy atom. The molecule has 2 N–H and O–H groups in total. The van der Waals surface area contributed by atoms with Crippen molar-refractivity contribution in [2.75, 3.05) is 19.6 Å². The van der Waals surface area contributed by atoms with Crippen molar-refractivity contribution in [1.82, 2.24) is 25.4 Å². The topological polar surface area (TPSA) is 87.0 Å². The molecular weight excluding hydrogens is 270 g/mol. The van der Waals surface area contributed by atoms with Gasteiger partial charge < -0.3 is 9.73 Å². The van der Waals surface area contributed by atoms with Crippen molar-refractivity contribution in [1.29, 1.82) is 0 Å². The summed E-state index contributed by atoms with van der Waals surface area (Å²) in [4.78, 5) is 18.2. The number of hydrogen-bond donors (Lipinski definition) is 2. The Balaban J connectivity index is 1.81. The molecule has 2 aromatic heterocycles. The Morgan fingerprint density at radius 3 is 2.86 bits per heavy atom. The molecule has 0 aliphatic rings. The monoisotopic (exact) mass is 291 g/mol. The lowest BCUT2D eigenvalue weighted by Crippen LogP contribution is -2.25. The number of aromatic amines is 1.